The second-order valence-corrected chi connectivity index (χ2v) is 4.63. The zero-order chi connectivity index (χ0) is 13.3. The fraction of sp³-hybridized carbons (Fsp3) is 0.182. The number of hydrogen-bond acceptors (Lipinski definition) is 4. The molecule has 0 radical (unpaired) electrons. The summed E-state index contributed by atoms with van der Waals surface area (Å²) >= 11 is 1.16. The molecule has 0 spiro atoms. The Morgan fingerprint density at radius 3 is 2.67 bits per heavy atom. The van der Waals surface area contributed by atoms with E-state index in [9.17, 15) is 14.4 Å². The summed E-state index contributed by atoms with van der Waals surface area (Å²) in [5.74, 6) is -3.56. The molecule has 0 saturated heterocycles. The minimum Gasteiger partial charge on any atom is -0.481 e. The van der Waals surface area contributed by atoms with E-state index in [-0.39, 0.29) is 5.56 Å². The summed E-state index contributed by atoms with van der Waals surface area (Å²) in [6.45, 7) is 0. The maximum absolute atomic E-state index is 11.4. The predicted molar refractivity (Wildman–Crippen MR) is 65.1 cm³/mol. The molecular formula is C11H9NO5S. The van der Waals surface area contributed by atoms with Crippen LogP contribution in [0, 0.1) is 0 Å². The van der Waals surface area contributed by atoms with E-state index >= 15 is 0 Å². The Hall–Kier alpha value is -2.15. The van der Waals surface area contributed by atoms with E-state index in [0.29, 0.717) is 15.6 Å². The number of carbonyl (C=O) groups is 2. The lowest BCUT2D eigenvalue weighted by Gasteiger charge is -2.09. The van der Waals surface area contributed by atoms with E-state index in [1.54, 1.807) is 6.07 Å². The van der Waals surface area contributed by atoms with Gasteiger partial charge in [0.15, 0.2) is 0 Å². The smallest absolute Gasteiger partial charge is 0.311 e. The molecule has 0 aliphatic rings. The first-order chi connectivity index (χ1) is 8.49. The summed E-state index contributed by atoms with van der Waals surface area (Å²) in [5.41, 5.74) is 0.0256. The van der Waals surface area contributed by atoms with Gasteiger partial charge in [-0.05, 0) is 17.7 Å². The lowest BCUT2D eigenvalue weighted by atomic mass is 9.95. The molecule has 2 rings (SSSR count). The highest BCUT2D eigenvalue weighted by Crippen LogP contribution is 2.24. The molecule has 2 aromatic rings. The molecule has 7 heteroatoms. The lowest BCUT2D eigenvalue weighted by Crippen LogP contribution is -2.16. The molecule has 1 aromatic heterocycles. The summed E-state index contributed by atoms with van der Waals surface area (Å²) in [4.78, 5) is 33.1. The molecule has 18 heavy (non-hydrogen) atoms. The molecule has 0 amide bonds. The molecule has 1 unspecified atom stereocenters. The van der Waals surface area contributed by atoms with Gasteiger partial charge in [-0.3, -0.25) is 18.8 Å². The van der Waals surface area contributed by atoms with Gasteiger partial charge >= 0.3 is 11.9 Å². The minimum atomic E-state index is -1.22. The van der Waals surface area contributed by atoms with Gasteiger partial charge in [0.05, 0.1) is 22.4 Å². The second kappa shape index (κ2) is 4.61. The Morgan fingerprint density at radius 1 is 1.33 bits per heavy atom. The summed E-state index contributed by atoms with van der Waals surface area (Å²) in [6, 6.07) is 4.59. The van der Waals surface area contributed by atoms with E-state index in [1.807, 2.05) is 0 Å². The van der Waals surface area contributed by atoms with E-state index in [2.05, 4.69) is 4.37 Å². The molecule has 1 atom stereocenters. The number of carboxylic acid groups (broad SMARTS) is 2. The zero-order valence-electron chi connectivity index (χ0n) is 9.04. The first kappa shape index (κ1) is 12.3. The highest BCUT2D eigenvalue weighted by molar-refractivity contribution is 7.13. The monoisotopic (exact) mass is 267 g/mol. The van der Waals surface area contributed by atoms with Crippen molar-refractivity contribution in [2.45, 2.75) is 12.3 Å². The number of benzene rings is 1. The van der Waals surface area contributed by atoms with Gasteiger partial charge in [0.2, 0.25) is 0 Å². The van der Waals surface area contributed by atoms with Gasteiger partial charge in [0.1, 0.15) is 0 Å². The number of nitrogens with one attached hydrogen (secondary N) is 1. The molecule has 1 aromatic carbocycles. The Balaban J connectivity index is 2.50. The molecule has 0 aliphatic carbocycles. The number of rotatable bonds is 4. The van der Waals surface area contributed by atoms with Crippen LogP contribution in [-0.4, -0.2) is 26.5 Å². The Morgan fingerprint density at radius 2 is 2.06 bits per heavy atom. The largest absolute Gasteiger partial charge is 0.481 e. The van der Waals surface area contributed by atoms with Crippen LogP contribution < -0.4 is 5.56 Å². The van der Waals surface area contributed by atoms with E-state index in [4.69, 9.17) is 10.2 Å². The van der Waals surface area contributed by atoms with Crippen molar-refractivity contribution in [3.8, 4) is 0 Å². The number of aromatic nitrogens is 1. The summed E-state index contributed by atoms with van der Waals surface area (Å²) in [6.07, 6.45) is -0.511. The molecule has 0 aliphatic heterocycles. The quantitative estimate of drug-likeness (QED) is 0.772. The van der Waals surface area contributed by atoms with Gasteiger partial charge in [-0.15, -0.1) is 0 Å². The van der Waals surface area contributed by atoms with Gasteiger partial charge < -0.3 is 10.2 Å². The van der Waals surface area contributed by atoms with Gasteiger partial charge in [-0.1, -0.05) is 17.6 Å². The van der Waals surface area contributed by atoms with E-state index in [1.165, 1.54) is 12.1 Å². The van der Waals surface area contributed by atoms with Gasteiger partial charge in [-0.25, -0.2) is 0 Å². The van der Waals surface area contributed by atoms with Crippen molar-refractivity contribution in [1.82, 2.24) is 4.37 Å². The molecule has 1 heterocycles. The molecule has 3 N–H and O–H groups in total. The topological polar surface area (TPSA) is 107 Å². The summed E-state index contributed by atoms with van der Waals surface area (Å²) < 4.78 is 3.25. The van der Waals surface area contributed by atoms with Crippen molar-refractivity contribution < 1.29 is 19.8 Å². The predicted octanol–water partition coefficient (Wildman–Crippen LogP) is 1.23. The van der Waals surface area contributed by atoms with Crippen LogP contribution in [0.1, 0.15) is 17.9 Å². The first-order valence-electron chi connectivity index (χ1n) is 5.05. The maximum Gasteiger partial charge on any atom is 0.311 e. The molecule has 0 bridgehead atoms. The Bertz CT molecular complexity index is 671. The van der Waals surface area contributed by atoms with Crippen molar-refractivity contribution in [2.75, 3.05) is 0 Å². The normalized spacial score (nSPS) is 12.4. The van der Waals surface area contributed by atoms with Crippen LogP contribution >= 0.6 is 11.5 Å². The van der Waals surface area contributed by atoms with Crippen molar-refractivity contribution in [3.63, 3.8) is 0 Å². The molecule has 6 nitrogen and oxygen atoms in total. The van der Waals surface area contributed by atoms with E-state index in [0.717, 1.165) is 11.5 Å². The number of H-pyrrole nitrogens is 1. The Labute approximate surface area is 105 Å². The van der Waals surface area contributed by atoms with Crippen LogP contribution in [-0.2, 0) is 9.59 Å². The fourth-order valence-electron chi connectivity index (χ4n) is 1.71. The average Bonchev–Trinajstić information content (AvgIpc) is 2.67. The van der Waals surface area contributed by atoms with Gasteiger partial charge in [0, 0.05) is 0 Å². The van der Waals surface area contributed by atoms with Crippen molar-refractivity contribution >= 4 is 33.6 Å². The van der Waals surface area contributed by atoms with Crippen LogP contribution in [0.2, 0.25) is 0 Å². The minimum absolute atomic E-state index is 0.295. The molecule has 94 valence electrons. The van der Waals surface area contributed by atoms with E-state index < -0.39 is 24.3 Å². The zero-order valence-corrected chi connectivity index (χ0v) is 9.86. The van der Waals surface area contributed by atoms with Crippen LogP contribution in [0.25, 0.3) is 10.1 Å². The lowest BCUT2D eigenvalue weighted by molar-refractivity contribution is -0.145. The Kier molecular flexibility index (Phi) is 3.15. The first-order valence-corrected chi connectivity index (χ1v) is 5.86. The van der Waals surface area contributed by atoms with Crippen molar-refractivity contribution in [3.05, 3.63) is 34.1 Å². The maximum atomic E-state index is 11.4. The third-order valence-corrected chi connectivity index (χ3v) is 3.44. The molecule has 0 fully saturated rings. The van der Waals surface area contributed by atoms with Crippen LogP contribution in [0.3, 0.4) is 0 Å². The number of aromatic amines is 1. The SMILES string of the molecule is O=C(O)CC(C(=O)O)c1ccc2s[nH]c(=O)c2c1. The van der Waals surface area contributed by atoms with Crippen molar-refractivity contribution in [1.29, 1.82) is 0 Å². The number of carboxylic acids is 2. The van der Waals surface area contributed by atoms with Crippen LogP contribution in [0.4, 0.5) is 0 Å². The van der Waals surface area contributed by atoms with Crippen molar-refractivity contribution in [2.24, 2.45) is 0 Å². The van der Waals surface area contributed by atoms with Crippen LogP contribution in [0.15, 0.2) is 23.0 Å². The fourth-order valence-corrected chi connectivity index (χ4v) is 2.42. The third-order valence-electron chi connectivity index (χ3n) is 2.58. The van der Waals surface area contributed by atoms with Gasteiger partial charge in [-0.2, -0.15) is 0 Å². The van der Waals surface area contributed by atoms with Gasteiger partial charge in [0.25, 0.3) is 5.56 Å². The average molecular weight is 267 g/mol. The standard InChI is InChI=1S/C11H9NO5S/c13-9(14)4-6(11(16)17)5-1-2-8-7(3-5)10(15)12-18-8/h1-3,6H,4H2,(H,12,15)(H,13,14)(H,16,17). The molecule has 0 saturated carbocycles. The second-order valence-electron chi connectivity index (χ2n) is 3.78. The highest BCUT2D eigenvalue weighted by atomic mass is 32.1. The highest BCUT2D eigenvalue weighted by Gasteiger charge is 2.23. The number of hydrogen-bond donors (Lipinski definition) is 3. The van der Waals surface area contributed by atoms with Crippen LogP contribution in [0.5, 0.6) is 0 Å². The third kappa shape index (κ3) is 2.25. The summed E-state index contributed by atoms with van der Waals surface area (Å²) in [7, 11) is 0. The number of aliphatic carboxylic acids is 2. The summed E-state index contributed by atoms with van der Waals surface area (Å²) in [5, 5.41) is 18.1. The molecular weight excluding hydrogens is 258 g/mol. The number of fused-ring (bicyclic) bond motifs is 1.